The molecule has 2 aromatic rings. The normalized spacial score (nSPS) is 21.7. The van der Waals surface area contributed by atoms with E-state index in [4.69, 9.17) is 16.3 Å². The van der Waals surface area contributed by atoms with E-state index in [9.17, 15) is 0 Å². The molecule has 1 aliphatic rings. The van der Waals surface area contributed by atoms with Gasteiger partial charge >= 0.3 is 0 Å². The van der Waals surface area contributed by atoms with Crippen molar-refractivity contribution < 1.29 is 4.74 Å². The lowest BCUT2D eigenvalue weighted by Crippen LogP contribution is -2.20. The fourth-order valence-corrected chi connectivity index (χ4v) is 3.36. The Hall–Kier alpha value is -1.31. The third-order valence-corrected chi connectivity index (χ3v) is 4.78. The van der Waals surface area contributed by atoms with Gasteiger partial charge in [-0.05, 0) is 54.0 Å². The van der Waals surface area contributed by atoms with Crippen LogP contribution in [-0.4, -0.2) is 6.61 Å². The quantitative estimate of drug-likeness (QED) is 0.645. The second kappa shape index (κ2) is 7.30. The fourth-order valence-electron chi connectivity index (χ4n) is 3.24. The molecular weight excluding hydrogens is 292 g/mol. The van der Waals surface area contributed by atoms with Gasteiger partial charge in [0.1, 0.15) is 0 Å². The monoisotopic (exact) mass is 314 g/mol. The number of hydrogen-bond donors (Lipinski definition) is 0. The van der Waals surface area contributed by atoms with Gasteiger partial charge < -0.3 is 4.74 Å². The molecule has 0 N–H and O–H groups in total. The van der Waals surface area contributed by atoms with Crippen LogP contribution in [0.15, 0.2) is 48.5 Å². The molecule has 1 nitrogen and oxygen atoms in total. The van der Waals surface area contributed by atoms with Crippen LogP contribution in [0.2, 0.25) is 5.02 Å². The molecule has 116 valence electrons. The van der Waals surface area contributed by atoms with E-state index < -0.39 is 0 Å². The zero-order valence-corrected chi connectivity index (χ0v) is 13.9. The predicted octanol–water partition coefficient (Wildman–Crippen LogP) is 6.27. The van der Waals surface area contributed by atoms with Gasteiger partial charge in [0.25, 0.3) is 0 Å². The molecule has 0 amide bonds. The average Bonchev–Trinajstić information content (AvgIpc) is 2.57. The highest BCUT2D eigenvalue weighted by atomic mass is 35.5. The Morgan fingerprint density at radius 1 is 0.955 bits per heavy atom. The van der Waals surface area contributed by atoms with Crippen LogP contribution in [0.3, 0.4) is 0 Å². The van der Waals surface area contributed by atoms with Gasteiger partial charge in [-0.2, -0.15) is 0 Å². The van der Waals surface area contributed by atoms with Crippen molar-refractivity contribution in [3.8, 4) is 11.1 Å². The number of benzene rings is 2. The lowest BCUT2D eigenvalue weighted by Gasteiger charge is -2.29. The SMILES string of the molecule is CCCC1CCC(c2ccc(-c3ccc(Cl)cc3)cc2)OC1. The van der Waals surface area contributed by atoms with E-state index in [0.717, 1.165) is 24.0 Å². The van der Waals surface area contributed by atoms with Crippen molar-refractivity contribution in [3.63, 3.8) is 0 Å². The molecule has 1 fully saturated rings. The Morgan fingerprint density at radius 2 is 1.59 bits per heavy atom. The summed E-state index contributed by atoms with van der Waals surface area (Å²) in [6, 6.07) is 16.8. The van der Waals surface area contributed by atoms with Gasteiger partial charge in [-0.15, -0.1) is 0 Å². The first-order chi connectivity index (χ1) is 10.8. The van der Waals surface area contributed by atoms with Crippen molar-refractivity contribution in [1.29, 1.82) is 0 Å². The Balaban J connectivity index is 1.66. The topological polar surface area (TPSA) is 9.23 Å². The summed E-state index contributed by atoms with van der Waals surface area (Å²) >= 11 is 5.94. The third kappa shape index (κ3) is 3.71. The molecule has 2 heteroatoms. The van der Waals surface area contributed by atoms with E-state index in [1.54, 1.807) is 0 Å². The smallest absolute Gasteiger partial charge is 0.0825 e. The molecule has 0 bridgehead atoms. The Labute approximate surface area is 138 Å². The van der Waals surface area contributed by atoms with Crippen LogP contribution in [0.4, 0.5) is 0 Å². The molecule has 2 unspecified atom stereocenters. The minimum absolute atomic E-state index is 0.271. The molecule has 2 atom stereocenters. The largest absolute Gasteiger partial charge is 0.373 e. The van der Waals surface area contributed by atoms with Crippen LogP contribution in [0.25, 0.3) is 11.1 Å². The maximum atomic E-state index is 6.07. The summed E-state index contributed by atoms with van der Waals surface area (Å²) in [6.07, 6.45) is 5.26. The molecule has 2 aromatic carbocycles. The van der Waals surface area contributed by atoms with E-state index in [-0.39, 0.29) is 6.10 Å². The van der Waals surface area contributed by atoms with Gasteiger partial charge in [0, 0.05) is 5.02 Å². The van der Waals surface area contributed by atoms with Crippen LogP contribution >= 0.6 is 11.6 Å². The first-order valence-corrected chi connectivity index (χ1v) is 8.61. The number of rotatable bonds is 4. The molecule has 0 aliphatic carbocycles. The highest BCUT2D eigenvalue weighted by Crippen LogP contribution is 2.33. The standard InChI is InChI=1S/C20H23ClO/c1-2-3-15-4-13-20(22-14-15)18-7-5-16(6-8-18)17-9-11-19(21)12-10-17/h5-12,15,20H,2-4,13-14H2,1H3. The third-order valence-electron chi connectivity index (χ3n) is 4.53. The molecule has 22 heavy (non-hydrogen) atoms. The minimum atomic E-state index is 0.271. The zero-order chi connectivity index (χ0) is 15.4. The van der Waals surface area contributed by atoms with Crippen molar-refractivity contribution in [2.45, 2.75) is 38.7 Å². The van der Waals surface area contributed by atoms with Gasteiger partial charge in [-0.1, -0.05) is 61.3 Å². The molecule has 1 aliphatic heterocycles. The van der Waals surface area contributed by atoms with E-state index in [1.807, 2.05) is 12.1 Å². The summed E-state index contributed by atoms with van der Waals surface area (Å²) in [5, 5.41) is 0.776. The predicted molar refractivity (Wildman–Crippen MR) is 93.2 cm³/mol. The summed E-state index contributed by atoms with van der Waals surface area (Å²) in [7, 11) is 0. The van der Waals surface area contributed by atoms with Gasteiger partial charge in [-0.25, -0.2) is 0 Å². The number of ether oxygens (including phenoxy) is 1. The summed E-state index contributed by atoms with van der Waals surface area (Å²) in [5.74, 6) is 0.759. The highest BCUT2D eigenvalue weighted by Gasteiger charge is 2.22. The van der Waals surface area contributed by atoms with Crippen molar-refractivity contribution in [1.82, 2.24) is 0 Å². The van der Waals surface area contributed by atoms with Gasteiger partial charge in [0.15, 0.2) is 0 Å². The zero-order valence-electron chi connectivity index (χ0n) is 13.1. The fraction of sp³-hybridized carbons (Fsp3) is 0.400. The summed E-state index contributed by atoms with van der Waals surface area (Å²) < 4.78 is 6.07. The van der Waals surface area contributed by atoms with Gasteiger partial charge in [-0.3, -0.25) is 0 Å². The molecule has 1 heterocycles. The van der Waals surface area contributed by atoms with Gasteiger partial charge in [0.05, 0.1) is 12.7 Å². The Morgan fingerprint density at radius 3 is 2.14 bits per heavy atom. The summed E-state index contributed by atoms with van der Waals surface area (Å²) in [4.78, 5) is 0. The average molecular weight is 315 g/mol. The molecular formula is C20H23ClO. The molecule has 3 rings (SSSR count). The molecule has 0 saturated carbocycles. The Kier molecular flexibility index (Phi) is 5.17. The van der Waals surface area contributed by atoms with Gasteiger partial charge in [0.2, 0.25) is 0 Å². The second-order valence-electron chi connectivity index (χ2n) is 6.18. The van der Waals surface area contributed by atoms with E-state index in [2.05, 4.69) is 43.3 Å². The second-order valence-corrected chi connectivity index (χ2v) is 6.62. The highest BCUT2D eigenvalue weighted by molar-refractivity contribution is 6.30. The van der Waals surface area contributed by atoms with Crippen LogP contribution in [0, 0.1) is 5.92 Å². The van der Waals surface area contributed by atoms with E-state index >= 15 is 0 Å². The Bertz CT molecular complexity index is 580. The van der Waals surface area contributed by atoms with Crippen LogP contribution in [0.5, 0.6) is 0 Å². The lowest BCUT2D eigenvalue weighted by atomic mass is 9.91. The van der Waals surface area contributed by atoms with E-state index in [0.29, 0.717) is 0 Å². The molecule has 0 aromatic heterocycles. The summed E-state index contributed by atoms with van der Waals surface area (Å²) in [6.45, 7) is 3.17. The first kappa shape index (κ1) is 15.6. The lowest BCUT2D eigenvalue weighted by molar-refractivity contribution is -0.0194. The van der Waals surface area contributed by atoms with E-state index in [1.165, 1.54) is 36.0 Å². The van der Waals surface area contributed by atoms with Crippen LogP contribution in [-0.2, 0) is 4.74 Å². The minimum Gasteiger partial charge on any atom is -0.373 e. The summed E-state index contributed by atoms with van der Waals surface area (Å²) in [5.41, 5.74) is 3.72. The molecule has 0 spiro atoms. The number of hydrogen-bond acceptors (Lipinski definition) is 1. The molecule has 0 radical (unpaired) electrons. The maximum Gasteiger partial charge on any atom is 0.0825 e. The van der Waals surface area contributed by atoms with Crippen LogP contribution in [0.1, 0.15) is 44.3 Å². The van der Waals surface area contributed by atoms with Crippen molar-refractivity contribution in [2.24, 2.45) is 5.92 Å². The first-order valence-electron chi connectivity index (χ1n) is 8.23. The van der Waals surface area contributed by atoms with Crippen molar-refractivity contribution >= 4 is 11.6 Å². The maximum absolute atomic E-state index is 6.07. The van der Waals surface area contributed by atoms with Crippen molar-refractivity contribution in [3.05, 3.63) is 59.1 Å². The van der Waals surface area contributed by atoms with Crippen LogP contribution < -0.4 is 0 Å². The number of halogens is 1. The van der Waals surface area contributed by atoms with Crippen molar-refractivity contribution in [2.75, 3.05) is 6.61 Å². The molecule has 1 saturated heterocycles.